The summed E-state index contributed by atoms with van der Waals surface area (Å²) >= 11 is 6.31. The molecule has 0 aliphatic carbocycles. The first-order chi connectivity index (χ1) is 17.4. The number of aromatic nitrogens is 2. The van der Waals surface area contributed by atoms with Gasteiger partial charge in [0.05, 0.1) is 24.2 Å². The van der Waals surface area contributed by atoms with Gasteiger partial charge in [0.1, 0.15) is 17.4 Å². The number of ether oxygens (including phenoxy) is 1. The van der Waals surface area contributed by atoms with Gasteiger partial charge in [-0.15, -0.1) is 0 Å². The topological polar surface area (TPSA) is 47.4 Å². The first-order valence-electron chi connectivity index (χ1n) is 12.3. The standard InChI is InChI=1S/C29H29ClFN3O2/c1-4-19-16-20(30)15-18(2)27(19)29(35)33-14-6-5-7-26(33)28-32-24-17-21(31)8-13-25(24)34(28)22-9-11-23(36-3)12-10-22/h8-13,15-17,26H,4-7,14H2,1-3H3. The van der Waals surface area contributed by atoms with Crippen LogP contribution in [0.3, 0.4) is 0 Å². The van der Waals surface area contributed by atoms with Gasteiger partial charge in [0.25, 0.3) is 5.91 Å². The van der Waals surface area contributed by atoms with Crippen LogP contribution in [0.5, 0.6) is 5.75 Å². The molecule has 7 heteroatoms. The molecule has 1 aromatic heterocycles. The molecule has 5 rings (SSSR count). The molecule has 1 aliphatic rings. The Kier molecular flexibility index (Phi) is 6.71. The fourth-order valence-electron chi connectivity index (χ4n) is 5.28. The molecule has 186 valence electrons. The number of carbonyl (C=O) groups excluding carboxylic acids is 1. The van der Waals surface area contributed by atoms with Crippen LogP contribution in [0.2, 0.25) is 5.02 Å². The predicted octanol–water partition coefficient (Wildman–Crippen LogP) is 7.06. The predicted molar refractivity (Wildman–Crippen MR) is 141 cm³/mol. The number of halogens is 2. The maximum absolute atomic E-state index is 14.2. The van der Waals surface area contributed by atoms with Crippen molar-refractivity contribution in [1.82, 2.24) is 14.5 Å². The van der Waals surface area contributed by atoms with Crippen molar-refractivity contribution >= 4 is 28.5 Å². The van der Waals surface area contributed by atoms with E-state index in [4.69, 9.17) is 21.3 Å². The van der Waals surface area contributed by atoms with Gasteiger partial charge >= 0.3 is 0 Å². The fraction of sp³-hybridized carbons (Fsp3) is 0.310. The average Bonchev–Trinajstić information content (AvgIpc) is 3.26. The van der Waals surface area contributed by atoms with E-state index in [0.29, 0.717) is 29.1 Å². The Morgan fingerprint density at radius 3 is 2.64 bits per heavy atom. The Morgan fingerprint density at radius 2 is 1.92 bits per heavy atom. The quantitative estimate of drug-likeness (QED) is 0.291. The lowest BCUT2D eigenvalue weighted by molar-refractivity contribution is 0.0596. The average molecular weight is 506 g/mol. The molecule has 0 N–H and O–H groups in total. The molecular formula is C29H29ClFN3O2. The van der Waals surface area contributed by atoms with Crippen molar-refractivity contribution in [2.75, 3.05) is 13.7 Å². The molecule has 1 fully saturated rings. The molecule has 1 aliphatic heterocycles. The summed E-state index contributed by atoms with van der Waals surface area (Å²) in [7, 11) is 1.63. The maximum atomic E-state index is 14.2. The summed E-state index contributed by atoms with van der Waals surface area (Å²) in [5.74, 6) is 1.13. The lowest BCUT2D eigenvalue weighted by Gasteiger charge is -2.36. The van der Waals surface area contributed by atoms with Crippen LogP contribution < -0.4 is 4.74 Å². The second-order valence-electron chi connectivity index (χ2n) is 9.26. The number of methoxy groups -OCH3 is 1. The Balaban J connectivity index is 1.66. The van der Waals surface area contributed by atoms with Gasteiger partial charge in [-0.3, -0.25) is 9.36 Å². The van der Waals surface area contributed by atoms with Gasteiger partial charge in [-0.05, 0) is 92.3 Å². The number of carbonyl (C=O) groups is 1. The molecule has 0 bridgehead atoms. The molecule has 36 heavy (non-hydrogen) atoms. The Bertz CT molecular complexity index is 1430. The fourth-order valence-corrected chi connectivity index (χ4v) is 5.58. The highest BCUT2D eigenvalue weighted by molar-refractivity contribution is 6.30. The minimum atomic E-state index is -0.339. The first-order valence-corrected chi connectivity index (χ1v) is 12.7. The highest BCUT2D eigenvalue weighted by Gasteiger charge is 2.34. The number of amides is 1. The van der Waals surface area contributed by atoms with Gasteiger partial charge in [0.15, 0.2) is 0 Å². The third kappa shape index (κ3) is 4.35. The van der Waals surface area contributed by atoms with Gasteiger partial charge in [0, 0.05) is 28.9 Å². The van der Waals surface area contributed by atoms with E-state index >= 15 is 0 Å². The van der Waals surface area contributed by atoms with Crippen molar-refractivity contribution in [2.45, 2.75) is 45.6 Å². The summed E-state index contributed by atoms with van der Waals surface area (Å²) in [6.45, 7) is 4.61. The van der Waals surface area contributed by atoms with Crippen LogP contribution >= 0.6 is 11.6 Å². The van der Waals surface area contributed by atoms with Crippen LogP contribution in [0.15, 0.2) is 54.6 Å². The number of aryl methyl sites for hydroxylation is 2. The molecule has 2 heterocycles. The van der Waals surface area contributed by atoms with Crippen LogP contribution in [0, 0.1) is 12.7 Å². The number of hydrogen-bond donors (Lipinski definition) is 0. The number of likely N-dealkylation sites (tertiary alicyclic amines) is 1. The zero-order chi connectivity index (χ0) is 25.4. The zero-order valence-electron chi connectivity index (χ0n) is 20.7. The number of benzene rings is 3. The van der Waals surface area contributed by atoms with Gasteiger partial charge in [-0.25, -0.2) is 9.37 Å². The third-order valence-electron chi connectivity index (χ3n) is 7.01. The minimum Gasteiger partial charge on any atom is -0.497 e. The molecule has 5 nitrogen and oxygen atoms in total. The first kappa shape index (κ1) is 24.3. The van der Waals surface area contributed by atoms with Crippen LogP contribution in [0.4, 0.5) is 4.39 Å². The lowest BCUT2D eigenvalue weighted by atomic mass is 9.95. The number of nitrogens with zero attached hydrogens (tertiary/aromatic N) is 3. The SMILES string of the molecule is CCc1cc(Cl)cc(C)c1C(=O)N1CCCCC1c1nc2cc(F)ccc2n1-c1ccc(OC)cc1. The highest BCUT2D eigenvalue weighted by Crippen LogP contribution is 2.37. The Morgan fingerprint density at radius 1 is 1.14 bits per heavy atom. The molecule has 0 saturated carbocycles. The zero-order valence-corrected chi connectivity index (χ0v) is 21.5. The van der Waals surface area contributed by atoms with Gasteiger partial charge in [-0.1, -0.05) is 18.5 Å². The van der Waals surface area contributed by atoms with E-state index in [1.165, 1.54) is 12.1 Å². The van der Waals surface area contributed by atoms with E-state index in [0.717, 1.165) is 53.2 Å². The second kappa shape index (κ2) is 9.94. The molecule has 0 spiro atoms. The lowest BCUT2D eigenvalue weighted by Crippen LogP contribution is -2.40. The van der Waals surface area contributed by atoms with Crippen LogP contribution in [-0.2, 0) is 6.42 Å². The summed E-state index contributed by atoms with van der Waals surface area (Å²) in [4.78, 5) is 20.9. The van der Waals surface area contributed by atoms with Crippen molar-refractivity contribution in [2.24, 2.45) is 0 Å². The third-order valence-corrected chi connectivity index (χ3v) is 7.23. The molecule has 3 aromatic carbocycles. The summed E-state index contributed by atoms with van der Waals surface area (Å²) in [6.07, 6.45) is 3.40. The van der Waals surface area contributed by atoms with Crippen molar-refractivity contribution in [3.05, 3.63) is 88.0 Å². The summed E-state index contributed by atoms with van der Waals surface area (Å²) in [5.41, 5.74) is 4.78. The van der Waals surface area contributed by atoms with Gasteiger partial charge in [0.2, 0.25) is 0 Å². The van der Waals surface area contributed by atoms with Crippen molar-refractivity contribution in [3.63, 3.8) is 0 Å². The van der Waals surface area contributed by atoms with E-state index in [9.17, 15) is 9.18 Å². The van der Waals surface area contributed by atoms with Gasteiger partial charge < -0.3 is 9.64 Å². The van der Waals surface area contributed by atoms with Crippen LogP contribution in [0.25, 0.3) is 16.7 Å². The molecule has 1 saturated heterocycles. The monoisotopic (exact) mass is 505 g/mol. The van der Waals surface area contributed by atoms with Crippen molar-refractivity contribution in [3.8, 4) is 11.4 Å². The highest BCUT2D eigenvalue weighted by atomic mass is 35.5. The molecule has 0 radical (unpaired) electrons. The van der Waals surface area contributed by atoms with E-state index in [1.54, 1.807) is 13.2 Å². The van der Waals surface area contributed by atoms with E-state index in [1.807, 2.05) is 59.7 Å². The summed E-state index contributed by atoms with van der Waals surface area (Å²) in [6, 6.07) is 15.8. The number of hydrogen-bond acceptors (Lipinski definition) is 3. The second-order valence-corrected chi connectivity index (χ2v) is 9.69. The van der Waals surface area contributed by atoms with E-state index in [-0.39, 0.29) is 17.8 Å². The smallest absolute Gasteiger partial charge is 0.255 e. The molecule has 1 atom stereocenters. The van der Waals surface area contributed by atoms with Crippen molar-refractivity contribution < 1.29 is 13.9 Å². The Labute approximate surface area is 215 Å². The van der Waals surface area contributed by atoms with E-state index < -0.39 is 0 Å². The maximum Gasteiger partial charge on any atom is 0.255 e. The number of imidazole rings is 1. The summed E-state index contributed by atoms with van der Waals surface area (Å²) in [5, 5.41) is 0.638. The largest absolute Gasteiger partial charge is 0.497 e. The van der Waals surface area contributed by atoms with Crippen LogP contribution in [0.1, 0.15) is 59.5 Å². The minimum absolute atomic E-state index is 0.00904. The number of fused-ring (bicyclic) bond motifs is 1. The van der Waals surface area contributed by atoms with Crippen LogP contribution in [-0.4, -0.2) is 34.0 Å². The number of piperidine rings is 1. The van der Waals surface area contributed by atoms with E-state index in [2.05, 4.69) is 0 Å². The molecule has 1 amide bonds. The molecular weight excluding hydrogens is 477 g/mol. The normalized spacial score (nSPS) is 15.9. The molecule has 4 aromatic rings. The molecule has 1 unspecified atom stereocenters. The van der Waals surface area contributed by atoms with Crippen molar-refractivity contribution in [1.29, 1.82) is 0 Å². The number of rotatable bonds is 5. The van der Waals surface area contributed by atoms with Gasteiger partial charge in [-0.2, -0.15) is 0 Å². The Hall–Kier alpha value is -3.38. The summed E-state index contributed by atoms with van der Waals surface area (Å²) < 4.78 is 21.5.